The number of aromatic nitrogens is 2. The molecule has 0 unspecified atom stereocenters. The second-order valence-electron chi connectivity index (χ2n) is 3.89. The van der Waals surface area contributed by atoms with Crippen LogP contribution in [0.25, 0.3) is 0 Å². The summed E-state index contributed by atoms with van der Waals surface area (Å²) in [5.74, 6) is 0.384. The maximum absolute atomic E-state index is 11.5. The molecule has 1 aromatic heterocycles. The Kier molecular flexibility index (Phi) is 3.44. The summed E-state index contributed by atoms with van der Waals surface area (Å²) < 4.78 is 1.90. The Labute approximate surface area is 85.1 Å². The van der Waals surface area contributed by atoms with E-state index in [1.165, 1.54) is 0 Å². The lowest BCUT2D eigenvalue weighted by molar-refractivity contribution is -0.121. The SMILES string of the molecule is CCn1nc(C)cc1CC(=O)C(C)C. The molecule has 0 aliphatic rings. The Morgan fingerprint density at radius 2 is 2.21 bits per heavy atom. The van der Waals surface area contributed by atoms with Gasteiger partial charge in [0.05, 0.1) is 5.69 Å². The lowest BCUT2D eigenvalue weighted by atomic mass is 10.0. The zero-order chi connectivity index (χ0) is 10.7. The fraction of sp³-hybridized carbons (Fsp3) is 0.636. The van der Waals surface area contributed by atoms with Gasteiger partial charge in [0.2, 0.25) is 0 Å². The highest BCUT2D eigenvalue weighted by molar-refractivity contribution is 5.82. The molecule has 1 heterocycles. The number of hydrogen-bond acceptors (Lipinski definition) is 2. The highest BCUT2D eigenvalue weighted by atomic mass is 16.1. The standard InChI is InChI=1S/C11H18N2O/c1-5-13-10(6-9(4)12-13)7-11(14)8(2)3/h6,8H,5,7H2,1-4H3. The van der Waals surface area contributed by atoms with Crippen molar-refractivity contribution in [2.45, 2.75) is 40.7 Å². The van der Waals surface area contributed by atoms with Crippen molar-refractivity contribution in [3.05, 3.63) is 17.5 Å². The van der Waals surface area contributed by atoms with E-state index in [0.29, 0.717) is 6.42 Å². The number of hydrogen-bond donors (Lipinski definition) is 0. The van der Waals surface area contributed by atoms with E-state index in [1.54, 1.807) is 0 Å². The maximum atomic E-state index is 11.5. The van der Waals surface area contributed by atoms with Crippen molar-refractivity contribution in [3.8, 4) is 0 Å². The Morgan fingerprint density at radius 1 is 1.57 bits per heavy atom. The van der Waals surface area contributed by atoms with Crippen LogP contribution < -0.4 is 0 Å². The number of carbonyl (C=O) groups excluding carboxylic acids is 1. The quantitative estimate of drug-likeness (QED) is 0.734. The molecule has 0 aromatic carbocycles. The van der Waals surface area contributed by atoms with Crippen molar-refractivity contribution in [3.63, 3.8) is 0 Å². The van der Waals surface area contributed by atoms with Crippen LogP contribution in [0.5, 0.6) is 0 Å². The Morgan fingerprint density at radius 3 is 2.71 bits per heavy atom. The van der Waals surface area contributed by atoms with Crippen LogP contribution in [-0.4, -0.2) is 15.6 Å². The second-order valence-corrected chi connectivity index (χ2v) is 3.89. The van der Waals surface area contributed by atoms with Gasteiger partial charge in [0.1, 0.15) is 5.78 Å². The van der Waals surface area contributed by atoms with E-state index in [1.807, 2.05) is 38.4 Å². The summed E-state index contributed by atoms with van der Waals surface area (Å²) in [7, 11) is 0. The van der Waals surface area contributed by atoms with E-state index in [0.717, 1.165) is 17.9 Å². The molecule has 0 fully saturated rings. The van der Waals surface area contributed by atoms with Gasteiger partial charge in [0.25, 0.3) is 0 Å². The monoisotopic (exact) mass is 194 g/mol. The summed E-state index contributed by atoms with van der Waals surface area (Å²) in [4.78, 5) is 11.5. The Balaban J connectivity index is 2.80. The molecule has 1 rings (SSSR count). The van der Waals surface area contributed by atoms with E-state index in [2.05, 4.69) is 5.10 Å². The van der Waals surface area contributed by atoms with Gasteiger partial charge in [-0.25, -0.2) is 0 Å². The average molecular weight is 194 g/mol. The van der Waals surface area contributed by atoms with Crippen molar-refractivity contribution in [1.82, 2.24) is 9.78 Å². The van der Waals surface area contributed by atoms with Crippen LogP contribution in [0.3, 0.4) is 0 Å². The third-order valence-corrected chi connectivity index (χ3v) is 2.28. The molecule has 0 radical (unpaired) electrons. The first-order chi connectivity index (χ1) is 6.54. The number of nitrogens with zero attached hydrogens (tertiary/aromatic N) is 2. The van der Waals surface area contributed by atoms with Crippen molar-refractivity contribution in [1.29, 1.82) is 0 Å². The molecule has 0 N–H and O–H groups in total. The van der Waals surface area contributed by atoms with Crippen LogP contribution in [-0.2, 0) is 17.8 Å². The number of ketones is 1. The molecule has 14 heavy (non-hydrogen) atoms. The highest BCUT2D eigenvalue weighted by Crippen LogP contribution is 2.08. The van der Waals surface area contributed by atoms with E-state index in [-0.39, 0.29) is 11.7 Å². The first-order valence-electron chi connectivity index (χ1n) is 5.10. The van der Waals surface area contributed by atoms with E-state index in [4.69, 9.17) is 0 Å². The summed E-state index contributed by atoms with van der Waals surface area (Å²) in [5.41, 5.74) is 2.02. The number of rotatable bonds is 4. The van der Waals surface area contributed by atoms with Gasteiger partial charge in [-0.05, 0) is 19.9 Å². The van der Waals surface area contributed by atoms with Crippen LogP contribution in [0.2, 0.25) is 0 Å². The molecule has 0 amide bonds. The zero-order valence-electron chi connectivity index (χ0n) is 9.37. The fourth-order valence-electron chi connectivity index (χ4n) is 1.40. The summed E-state index contributed by atoms with van der Waals surface area (Å²) >= 11 is 0. The van der Waals surface area contributed by atoms with Crippen LogP contribution in [0.4, 0.5) is 0 Å². The fourth-order valence-corrected chi connectivity index (χ4v) is 1.40. The molecular formula is C11H18N2O. The molecule has 78 valence electrons. The first kappa shape index (κ1) is 11.0. The summed E-state index contributed by atoms with van der Waals surface area (Å²) in [6.07, 6.45) is 0.506. The van der Waals surface area contributed by atoms with Gasteiger partial charge in [0.15, 0.2) is 0 Å². The van der Waals surface area contributed by atoms with Gasteiger partial charge in [0, 0.05) is 24.6 Å². The Bertz CT molecular complexity index is 326. The zero-order valence-corrected chi connectivity index (χ0v) is 9.37. The molecule has 0 spiro atoms. The average Bonchev–Trinajstić information content (AvgIpc) is 2.45. The van der Waals surface area contributed by atoms with Gasteiger partial charge in [-0.15, -0.1) is 0 Å². The molecule has 0 aliphatic carbocycles. The van der Waals surface area contributed by atoms with E-state index >= 15 is 0 Å². The van der Waals surface area contributed by atoms with E-state index in [9.17, 15) is 4.79 Å². The van der Waals surface area contributed by atoms with E-state index < -0.39 is 0 Å². The normalized spacial score (nSPS) is 10.9. The lowest BCUT2D eigenvalue weighted by Gasteiger charge is -2.05. The molecule has 3 heteroatoms. The first-order valence-corrected chi connectivity index (χ1v) is 5.10. The minimum Gasteiger partial charge on any atom is -0.299 e. The van der Waals surface area contributed by atoms with Crippen LogP contribution >= 0.6 is 0 Å². The largest absolute Gasteiger partial charge is 0.299 e. The summed E-state index contributed by atoms with van der Waals surface area (Å²) in [6.45, 7) is 8.68. The van der Waals surface area contributed by atoms with Gasteiger partial charge < -0.3 is 0 Å². The predicted molar refractivity (Wildman–Crippen MR) is 56.2 cm³/mol. The van der Waals surface area contributed by atoms with Gasteiger partial charge in [-0.1, -0.05) is 13.8 Å². The summed E-state index contributed by atoms with van der Waals surface area (Å²) in [5, 5.41) is 4.31. The molecule has 0 atom stereocenters. The number of carbonyl (C=O) groups is 1. The number of aryl methyl sites for hydroxylation is 2. The van der Waals surface area contributed by atoms with Crippen molar-refractivity contribution in [2.24, 2.45) is 5.92 Å². The molecule has 0 aliphatic heterocycles. The summed E-state index contributed by atoms with van der Waals surface area (Å²) in [6, 6.07) is 1.99. The third-order valence-electron chi connectivity index (χ3n) is 2.28. The van der Waals surface area contributed by atoms with Gasteiger partial charge >= 0.3 is 0 Å². The van der Waals surface area contributed by atoms with Crippen LogP contribution in [0.1, 0.15) is 32.2 Å². The Hall–Kier alpha value is -1.12. The maximum Gasteiger partial charge on any atom is 0.141 e. The molecule has 1 aromatic rings. The van der Waals surface area contributed by atoms with Crippen molar-refractivity contribution in [2.75, 3.05) is 0 Å². The van der Waals surface area contributed by atoms with Crippen LogP contribution in [0.15, 0.2) is 6.07 Å². The van der Waals surface area contributed by atoms with Crippen molar-refractivity contribution < 1.29 is 4.79 Å². The molecule has 0 saturated heterocycles. The van der Waals surface area contributed by atoms with Gasteiger partial charge in [-0.2, -0.15) is 5.10 Å². The van der Waals surface area contributed by atoms with Gasteiger partial charge in [-0.3, -0.25) is 9.48 Å². The molecule has 0 bridgehead atoms. The molecule has 3 nitrogen and oxygen atoms in total. The molecule has 0 saturated carbocycles. The minimum atomic E-state index is 0.107. The van der Waals surface area contributed by atoms with Crippen molar-refractivity contribution >= 4 is 5.78 Å². The highest BCUT2D eigenvalue weighted by Gasteiger charge is 2.12. The number of Topliss-reactive ketones (excluding diaryl/α,β-unsaturated/α-hetero) is 1. The minimum absolute atomic E-state index is 0.107. The van der Waals surface area contributed by atoms with Crippen LogP contribution in [0, 0.1) is 12.8 Å². The smallest absolute Gasteiger partial charge is 0.141 e. The topological polar surface area (TPSA) is 34.9 Å². The molecular weight excluding hydrogens is 176 g/mol. The second kappa shape index (κ2) is 4.40. The third kappa shape index (κ3) is 2.44. The lowest BCUT2D eigenvalue weighted by Crippen LogP contribution is -2.13. The predicted octanol–water partition coefficient (Wildman–Crippen LogP) is 1.98.